The summed E-state index contributed by atoms with van der Waals surface area (Å²) in [6.07, 6.45) is 0. The van der Waals surface area contributed by atoms with Crippen molar-refractivity contribution in [1.29, 1.82) is 0 Å². The largest absolute Gasteiger partial charge is 0.465 e. The average Bonchev–Trinajstić information content (AvgIpc) is 2.62. The number of para-hydroxylation sites is 1. The number of ether oxygens (including phenoxy) is 1. The van der Waals surface area contributed by atoms with E-state index in [4.69, 9.17) is 16.3 Å². The summed E-state index contributed by atoms with van der Waals surface area (Å²) < 4.78 is 5.28. The van der Waals surface area contributed by atoms with E-state index in [0.717, 1.165) is 0 Å². The Morgan fingerprint density at radius 3 is 2.46 bits per heavy atom. The molecule has 2 aromatic carbocycles. The zero-order valence-electron chi connectivity index (χ0n) is 14.1. The quantitative estimate of drug-likeness (QED) is 0.522. The zero-order valence-corrected chi connectivity index (χ0v) is 16.4. The van der Waals surface area contributed by atoms with E-state index < -0.39 is 11.9 Å². The van der Waals surface area contributed by atoms with E-state index in [9.17, 15) is 14.4 Å². The molecular weight excluding hydrogens is 424 g/mol. The van der Waals surface area contributed by atoms with Crippen LogP contribution in [0.15, 0.2) is 40.9 Å². The second-order valence-electron chi connectivity index (χ2n) is 5.31. The number of benzene rings is 2. The minimum Gasteiger partial charge on any atom is -0.465 e. The fourth-order valence-electron chi connectivity index (χ4n) is 2.23. The van der Waals surface area contributed by atoms with Crippen LogP contribution >= 0.6 is 27.5 Å². The number of anilines is 2. The Kier molecular flexibility index (Phi) is 6.76. The van der Waals surface area contributed by atoms with Crippen LogP contribution in [0.5, 0.6) is 0 Å². The number of Topliss-reactive ketones (excluding diaryl/α,β-unsaturated/α-hetero) is 1. The lowest BCUT2D eigenvalue weighted by molar-refractivity contribution is -0.114. The summed E-state index contributed by atoms with van der Waals surface area (Å²) >= 11 is 9.32. The van der Waals surface area contributed by atoms with Gasteiger partial charge in [-0.1, -0.05) is 23.7 Å². The van der Waals surface area contributed by atoms with Crippen LogP contribution in [0.1, 0.15) is 27.6 Å². The number of hydrogen-bond donors (Lipinski definition) is 2. The SMILES string of the molecule is COC(=O)c1ccccc1NC(=O)CNc1cc(Cl)c(Br)cc1C(C)=O. The molecule has 0 unspecified atom stereocenters. The Morgan fingerprint density at radius 1 is 1.12 bits per heavy atom. The standard InChI is InChI=1S/C18H16BrClN2O4/c1-10(23)12-7-13(19)14(20)8-16(12)21-9-17(24)22-15-6-4-3-5-11(15)18(25)26-2/h3-8,21H,9H2,1-2H3,(H,22,24). The second-order valence-corrected chi connectivity index (χ2v) is 6.57. The molecule has 0 heterocycles. The maximum absolute atomic E-state index is 12.2. The third kappa shape index (κ3) is 4.83. The summed E-state index contributed by atoms with van der Waals surface area (Å²) in [6.45, 7) is 1.31. The molecule has 0 bridgehead atoms. The topological polar surface area (TPSA) is 84.5 Å². The first-order valence-electron chi connectivity index (χ1n) is 7.54. The summed E-state index contributed by atoms with van der Waals surface area (Å²) in [7, 11) is 1.27. The van der Waals surface area contributed by atoms with Crippen molar-refractivity contribution in [3.63, 3.8) is 0 Å². The fourth-order valence-corrected chi connectivity index (χ4v) is 2.74. The first kappa shape index (κ1) is 19.9. The molecule has 2 rings (SSSR count). The van der Waals surface area contributed by atoms with Crippen molar-refractivity contribution in [3.05, 3.63) is 57.0 Å². The fraction of sp³-hybridized carbons (Fsp3) is 0.167. The van der Waals surface area contributed by atoms with Crippen LogP contribution in [-0.2, 0) is 9.53 Å². The van der Waals surface area contributed by atoms with E-state index >= 15 is 0 Å². The van der Waals surface area contributed by atoms with Gasteiger partial charge in [-0.2, -0.15) is 0 Å². The third-order valence-electron chi connectivity index (χ3n) is 3.49. The molecule has 2 N–H and O–H groups in total. The minimum atomic E-state index is -0.549. The molecule has 0 spiro atoms. The van der Waals surface area contributed by atoms with Gasteiger partial charge >= 0.3 is 5.97 Å². The molecule has 0 saturated heterocycles. The van der Waals surface area contributed by atoms with E-state index in [0.29, 0.717) is 26.4 Å². The highest BCUT2D eigenvalue weighted by molar-refractivity contribution is 9.10. The van der Waals surface area contributed by atoms with Crippen molar-refractivity contribution in [2.24, 2.45) is 0 Å². The first-order chi connectivity index (χ1) is 12.3. The van der Waals surface area contributed by atoms with E-state index in [2.05, 4.69) is 26.6 Å². The van der Waals surface area contributed by atoms with E-state index in [1.807, 2.05) is 0 Å². The molecule has 0 fully saturated rings. The molecule has 0 aliphatic carbocycles. The zero-order chi connectivity index (χ0) is 19.3. The molecule has 0 saturated carbocycles. The first-order valence-corrected chi connectivity index (χ1v) is 8.71. The molecule has 6 nitrogen and oxygen atoms in total. The highest BCUT2D eigenvalue weighted by Gasteiger charge is 2.15. The smallest absolute Gasteiger partial charge is 0.339 e. The summed E-state index contributed by atoms with van der Waals surface area (Å²) in [5.74, 6) is -1.11. The third-order valence-corrected chi connectivity index (χ3v) is 4.68. The van der Waals surface area contributed by atoms with Crippen molar-refractivity contribution in [2.45, 2.75) is 6.92 Å². The highest BCUT2D eigenvalue weighted by Crippen LogP contribution is 2.29. The van der Waals surface area contributed by atoms with Gasteiger partial charge in [0.25, 0.3) is 0 Å². The molecule has 0 atom stereocenters. The Morgan fingerprint density at radius 2 is 1.81 bits per heavy atom. The van der Waals surface area contributed by atoms with Crippen LogP contribution in [0, 0.1) is 0 Å². The van der Waals surface area contributed by atoms with Crippen LogP contribution in [0.2, 0.25) is 5.02 Å². The predicted octanol–water partition coefficient (Wildman–Crippen LogP) is 4.14. The number of carbonyl (C=O) groups excluding carboxylic acids is 3. The number of ketones is 1. The van der Waals surface area contributed by atoms with Crippen molar-refractivity contribution in [3.8, 4) is 0 Å². The number of carbonyl (C=O) groups is 3. The van der Waals surface area contributed by atoms with Crippen LogP contribution in [-0.4, -0.2) is 31.3 Å². The average molecular weight is 440 g/mol. The van der Waals surface area contributed by atoms with Gasteiger partial charge in [0.1, 0.15) is 0 Å². The lowest BCUT2D eigenvalue weighted by Crippen LogP contribution is -2.23. The van der Waals surface area contributed by atoms with Crippen molar-refractivity contribution in [1.82, 2.24) is 0 Å². The van der Waals surface area contributed by atoms with Crippen molar-refractivity contribution < 1.29 is 19.1 Å². The molecule has 8 heteroatoms. The van der Waals surface area contributed by atoms with E-state index in [-0.39, 0.29) is 17.9 Å². The number of amides is 1. The molecule has 0 aliphatic heterocycles. The normalized spacial score (nSPS) is 10.2. The molecule has 0 aromatic heterocycles. The molecular formula is C18H16BrClN2O4. The number of rotatable bonds is 6. The Bertz CT molecular complexity index is 870. The van der Waals surface area contributed by atoms with Gasteiger partial charge in [0.2, 0.25) is 5.91 Å². The van der Waals surface area contributed by atoms with Gasteiger partial charge in [-0.05, 0) is 47.1 Å². The second kappa shape index (κ2) is 8.82. The maximum Gasteiger partial charge on any atom is 0.339 e. The predicted molar refractivity (Wildman–Crippen MR) is 104 cm³/mol. The molecule has 2 aromatic rings. The lowest BCUT2D eigenvalue weighted by Gasteiger charge is -2.13. The number of hydrogen-bond acceptors (Lipinski definition) is 5. The van der Waals surface area contributed by atoms with Crippen LogP contribution in [0.25, 0.3) is 0 Å². The van der Waals surface area contributed by atoms with Gasteiger partial charge in [-0.25, -0.2) is 4.79 Å². The van der Waals surface area contributed by atoms with Crippen LogP contribution in [0.4, 0.5) is 11.4 Å². The Labute approximate surface area is 164 Å². The van der Waals surface area contributed by atoms with Gasteiger partial charge in [-0.15, -0.1) is 0 Å². The minimum absolute atomic E-state index is 0.117. The number of esters is 1. The van der Waals surface area contributed by atoms with Gasteiger partial charge in [0, 0.05) is 15.7 Å². The highest BCUT2D eigenvalue weighted by atomic mass is 79.9. The van der Waals surface area contributed by atoms with Crippen LogP contribution in [0.3, 0.4) is 0 Å². The molecule has 26 heavy (non-hydrogen) atoms. The summed E-state index contributed by atoms with van der Waals surface area (Å²) in [4.78, 5) is 35.7. The summed E-state index contributed by atoms with van der Waals surface area (Å²) in [5.41, 5.74) is 1.44. The maximum atomic E-state index is 12.2. The molecule has 0 radical (unpaired) electrons. The molecule has 136 valence electrons. The number of methoxy groups -OCH3 is 1. The van der Waals surface area contributed by atoms with Gasteiger partial charge < -0.3 is 15.4 Å². The Balaban J connectivity index is 2.12. The summed E-state index contributed by atoms with van der Waals surface area (Å²) in [6, 6.07) is 9.68. The van der Waals surface area contributed by atoms with Gasteiger partial charge in [-0.3, -0.25) is 9.59 Å². The molecule has 1 amide bonds. The van der Waals surface area contributed by atoms with Crippen molar-refractivity contribution >= 4 is 56.6 Å². The number of nitrogens with one attached hydrogen (secondary N) is 2. The van der Waals surface area contributed by atoms with Gasteiger partial charge in [0.15, 0.2) is 5.78 Å². The van der Waals surface area contributed by atoms with Crippen LogP contribution < -0.4 is 10.6 Å². The van der Waals surface area contributed by atoms with E-state index in [1.54, 1.807) is 36.4 Å². The monoisotopic (exact) mass is 438 g/mol. The van der Waals surface area contributed by atoms with Gasteiger partial charge in [0.05, 0.1) is 29.9 Å². The summed E-state index contributed by atoms with van der Waals surface area (Å²) in [5, 5.41) is 5.94. The Hall–Kier alpha value is -2.38. The molecule has 0 aliphatic rings. The van der Waals surface area contributed by atoms with E-state index in [1.165, 1.54) is 14.0 Å². The number of halogens is 2. The van der Waals surface area contributed by atoms with Crippen molar-refractivity contribution in [2.75, 3.05) is 24.3 Å². The lowest BCUT2D eigenvalue weighted by atomic mass is 10.1.